The number of nitrogens with one attached hydrogen (secondary N) is 3. The molecular formula is C31H32ClN5O2. The smallest absolute Gasteiger partial charge is 0.251 e. The van der Waals surface area contributed by atoms with Crippen molar-refractivity contribution < 1.29 is 9.59 Å². The Bertz CT molecular complexity index is 1540. The number of aromatic amines is 1. The number of aromatic nitrogens is 2. The van der Waals surface area contributed by atoms with Gasteiger partial charge >= 0.3 is 0 Å². The molecule has 0 unspecified atom stereocenters. The van der Waals surface area contributed by atoms with E-state index >= 15 is 0 Å². The molecule has 1 fully saturated rings. The maximum atomic E-state index is 13.0. The number of amides is 2. The van der Waals surface area contributed by atoms with Crippen molar-refractivity contribution in [3.63, 3.8) is 0 Å². The normalized spacial score (nSPS) is 13.5. The molecule has 2 aromatic heterocycles. The van der Waals surface area contributed by atoms with E-state index in [4.69, 9.17) is 11.6 Å². The van der Waals surface area contributed by atoms with Gasteiger partial charge in [0.05, 0.1) is 10.7 Å². The zero-order valence-corrected chi connectivity index (χ0v) is 22.8. The Kier molecular flexibility index (Phi) is 8.10. The minimum Gasteiger partial charge on any atom is -0.352 e. The van der Waals surface area contributed by atoms with E-state index in [-0.39, 0.29) is 11.8 Å². The minimum absolute atomic E-state index is 0.100. The van der Waals surface area contributed by atoms with Crippen LogP contribution >= 0.6 is 11.6 Å². The molecule has 39 heavy (non-hydrogen) atoms. The predicted molar refractivity (Wildman–Crippen MR) is 158 cm³/mol. The third-order valence-electron chi connectivity index (χ3n) is 7.16. The lowest BCUT2D eigenvalue weighted by atomic mass is 9.96. The fourth-order valence-electron chi connectivity index (χ4n) is 5.11. The number of hydrogen-bond donors (Lipinski definition) is 3. The first-order chi connectivity index (χ1) is 18.9. The van der Waals surface area contributed by atoms with Gasteiger partial charge in [-0.05, 0) is 92.9 Å². The monoisotopic (exact) mass is 541 g/mol. The SMILES string of the molecule is C=CC(=O)Nc1cc(-c2c(-c3cccc(C(=O)NCCCN4CCCC4)c3)[nH]c3nccc(Cl)c23)ccc1C. The number of fused-ring (bicyclic) bond motifs is 1. The topological polar surface area (TPSA) is 90.1 Å². The van der Waals surface area contributed by atoms with Gasteiger partial charge < -0.3 is 20.5 Å². The summed E-state index contributed by atoms with van der Waals surface area (Å²) < 4.78 is 0. The summed E-state index contributed by atoms with van der Waals surface area (Å²) in [4.78, 5) is 35.4. The molecule has 0 spiro atoms. The number of rotatable bonds is 9. The van der Waals surface area contributed by atoms with E-state index in [0.29, 0.717) is 28.5 Å². The molecule has 5 rings (SSSR count). The number of carbonyl (C=O) groups is 2. The first kappa shape index (κ1) is 26.7. The Hall–Kier alpha value is -3.94. The summed E-state index contributed by atoms with van der Waals surface area (Å²) in [5.74, 6) is -0.384. The molecule has 2 aromatic carbocycles. The van der Waals surface area contributed by atoms with Crippen LogP contribution in [0.3, 0.4) is 0 Å². The number of nitrogens with zero attached hydrogens (tertiary/aromatic N) is 2. The molecule has 0 atom stereocenters. The van der Waals surface area contributed by atoms with Crippen LogP contribution in [0, 0.1) is 6.92 Å². The Balaban J connectivity index is 1.48. The van der Waals surface area contributed by atoms with Crippen molar-refractivity contribution >= 4 is 40.1 Å². The fraction of sp³-hybridized carbons (Fsp3) is 0.258. The van der Waals surface area contributed by atoms with Crippen molar-refractivity contribution in [1.82, 2.24) is 20.2 Å². The fourth-order valence-corrected chi connectivity index (χ4v) is 5.35. The van der Waals surface area contributed by atoms with Crippen LogP contribution in [0.5, 0.6) is 0 Å². The number of hydrogen-bond acceptors (Lipinski definition) is 4. The van der Waals surface area contributed by atoms with Gasteiger partial charge in [-0.2, -0.15) is 0 Å². The van der Waals surface area contributed by atoms with Gasteiger partial charge in [0.2, 0.25) is 5.91 Å². The lowest BCUT2D eigenvalue weighted by Crippen LogP contribution is -2.28. The molecule has 3 heterocycles. The minimum atomic E-state index is -0.284. The van der Waals surface area contributed by atoms with E-state index in [2.05, 4.69) is 32.1 Å². The molecular weight excluding hydrogens is 510 g/mol. The predicted octanol–water partition coefficient (Wildman–Crippen LogP) is 6.20. The molecule has 1 saturated heterocycles. The van der Waals surface area contributed by atoms with E-state index in [1.165, 1.54) is 18.9 Å². The molecule has 3 N–H and O–H groups in total. The van der Waals surface area contributed by atoms with Gasteiger partial charge in [-0.3, -0.25) is 9.59 Å². The Morgan fingerprint density at radius 3 is 2.74 bits per heavy atom. The van der Waals surface area contributed by atoms with Crippen LogP contribution in [0.2, 0.25) is 5.02 Å². The quantitative estimate of drug-likeness (QED) is 0.174. The average molecular weight is 542 g/mol. The molecule has 1 aliphatic heterocycles. The van der Waals surface area contributed by atoms with Gasteiger partial charge in [0.1, 0.15) is 5.65 Å². The Morgan fingerprint density at radius 2 is 1.95 bits per heavy atom. The zero-order valence-electron chi connectivity index (χ0n) is 22.0. The molecule has 0 bridgehead atoms. The van der Waals surface area contributed by atoms with E-state index < -0.39 is 0 Å². The second-order valence-corrected chi connectivity index (χ2v) is 10.3. The van der Waals surface area contributed by atoms with Crippen LogP contribution in [-0.4, -0.2) is 52.9 Å². The molecule has 0 saturated carbocycles. The van der Waals surface area contributed by atoms with E-state index in [1.54, 1.807) is 12.3 Å². The number of aryl methyl sites for hydroxylation is 1. The van der Waals surface area contributed by atoms with Gasteiger partial charge in [-0.25, -0.2) is 4.98 Å². The number of anilines is 1. The van der Waals surface area contributed by atoms with Gasteiger partial charge in [0.15, 0.2) is 0 Å². The number of likely N-dealkylation sites (tertiary alicyclic amines) is 1. The van der Waals surface area contributed by atoms with Crippen LogP contribution < -0.4 is 10.6 Å². The van der Waals surface area contributed by atoms with Crippen LogP contribution in [0.1, 0.15) is 35.2 Å². The molecule has 7 nitrogen and oxygen atoms in total. The summed E-state index contributed by atoms with van der Waals surface area (Å²) in [6.45, 7) is 9.45. The molecule has 4 aromatic rings. The van der Waals surface area contributed by atoms with Crippen molar-refractivity contribution in [3.8, 4) is 22.4 Å². The van der Waals surface area contributed by atoms with E-state index in [9.17, 15) is 9.59 Å². The molecule has 2 amide bonds. The summed E-state index contributed by atoms with van der Waals surface area (Å²) in [6, 6.07) is 15.2. The molecule has 0 radical (unpaired) electrons. The lowest BCUT2D eigenvalue weighted by molar-refractivity contribution is -0.111. The highest BCUT2D eigenvalue weighted by atomic mass is 35.5. The zero-order chi connectivity index (χ0) is 27.4. The Labute approximate surface area is 233 Å². The first-order valence-corrected chi connectivity index (χ1v) is 13.6. The Morgan fingerprint density at radius 1 is 1.13 bits per heavy atom. The van der Waals surface area contributed by atoms with Crippen molar-refractivity contribution in [3.05, 3.63) is 83.5 Å². The van der Waals surface area contributed by atoms with Crippen molar-refractivity contribution in [2.45, 2.75) is 26.2 Å². The summed E-state index contributed by atoms with van der Waals surface area (Å²) in [5.41, 5.74) is 6.15. The number of benzene rings is 2. The van der Waals surface area contributed by atoms with Crippen LogP contribution in [0.4, 0.5) is 5.69 Å². The standard InChI is InChI=1S/C31H32ClN5O2/c1-3-26(38)35-25-19-21(11-10-20(25)2)27-28-24(32)12-14-33-30(28)36-29(27)22-8-6-9-23(18-22)31(39)34-13-7-17-37-15-4-5-16-37/h3,6,8-12,14,18-19H,1,4-5,7,13,15-17H2,2H3,(H,33,36)(H,34,39)(H,35,38). The van der Waals surface area contributed by atoms with E-state index in [1.807, 2.05) is 49.4 Å². The largest absolute Gasteiger partial charge is 0.352 e. The number of carbonyl (C=O) groups excluding carboxylic acids is 2. The van der Waals surface area contributed by atoms with E-state index in [0.717, 1.165) is 59.4 Å². The summed E-state index contributed by atoms with van der Waals surface area (Å²) in [5, 5.41) is 7.27. The van der Waals surface area contributed by atoms with Gasteiger partial charge in [-0.1, -0.05) is 42.4 Å². The molecule has 200 valence electrons. The number of H-pyrrole nitrogens is 1. The highest BCUT2D eigenvalue weighted by Crippen LogP contribution is 2.42. The van der Waals surface area contributed by atoms with Gasteiger partial charge in [-0.15, -0.1) is 0 Å². The second kappa shape index (κ2) is 11.8. The van der Waals surface area contributed by atoms with Gasteiger partial charge in [0.25, 0.3) is 5.91 Å². The third kappa shape index (κ3) is 5.90. The molecule has 1 aliphatic rings. The van der Waals surface area contributed by atoms with Crippen molar-refractivity contribution in [2.75, 3.05) is 31.5 Å². The number of pyridine rings is 1. The summed E-state index contributed by atoms with van der Waals surface area (Å²) in [6.07, 6.45) is 6.37. The maximum absolute atomic E-state index is 13.0. The van der Waals surface area contributed by atoms with Crippen molar-refractivity contribution in [1.29, 1.82) is 0 Å². The highest BCUT2D eigenvalue weighted by Gasteiger charge is 2.20. The van der Waals surface area contributed by atoms with Crippen LogP contribution in [0.25, 0.3) is 33.4 Å². The van der Waals surface area contributed by atoms with Crippen LogP contribution in [-0.2, 0) is 4.79 Å². The summed E-state index contributed by atoms with van der Waals surface area (Å²) in [7, 11) is 0. The highest BCUT2D eigenvalue weighted by molar-refractivity contribution is 6.36. The molecule has 0 aliphatic carbocycles. The van der Waals surface area contributed by atoms with Crippen LogP contribution in [0.15, 0.2) is 67.4 Å². The maximum Gasteiger partial charge on any atom is 0.251 e. The molecule has 8 heteroatoms. The van der Waals surface area contributed by atoms with Gasteiger partial charge in [0, 0.05) is 34.9 Å². The number of halogens is 1. The average Bonchev–Trinajstić information content (AvgIpc) is 3.61. The van der Waals surface area contributed by atoms with Crippen molar-refractivity contribution in [2.24, 2.45) is 0 Å². The lowest BCUT2D eigenvalue weighted by Gasteiger charge is -2.14. The second-order valence-electron chi connectivity index (χ2n) is 9.85. The summed E-state index contributed by atoms with van der Waals surface area (Å²) >= 11 is 6.68. The third-order valence-corrected chi connectivity index (χ3v) is 7.48. The first-order valence-electron chi connectivity index (χ1n) is 13.3.